The van der Waals surface area contributed by atoms with E-state index < -0.39 is 0 Å². The van der Waals surface area contributed by atoms with Crippen LogP contribution in [0.1, 0.15) is 18.4 Å². The third-order valence-corrected chi connectivity index (χ3v) is 5.78. The molecule has 0 atom stereocenters. The predicted molar refractivity (Wildman–Crippen MR) is 131 cm³/mol. The Morgan fingerprint density at radius 3 is 2.44 bits per heavy atom. The van der Waals surface area contributed by atoms with E-state index in [9.17, 15) is 0 Å². The predicted octanol–water partition coefficient (Wildman–Crippen LogP) is 4.34. The number of para-hydroxylation sites is 2. The van der Waals surface area contributed by atoms with E-state index in [-0.39, 0.29) is 12.4 Å². The number of hydrogen-bond acceptors (Lipinski definition) is 5. The van der Waals surface area contributed by atoms with Gasteiger partial charge in [0.25, 0.3) is 0 Å². The van der Waals surface area contributed by atoms with E-state index in [0.717, 1.165) is 70.2 Å². The zero-order valence-corrected chi connectivity index (χ0v) is 19.5. The van der Waals surface area contributed by atoms with Gasteiger partial charge in [-0.1, -0.05) is 24.3 Å². The quantitative estimate of drug-likeness (QED) is 0.424. The molecule has 0 radical (unpaired) electrons. The topological polar surface area (TPSA) is 42.8 Å². The Balaban J connectivity index is 0.00000289. The van der Waals surface area contributed by atoms with Gasteiger partial charge in [-0.15, -0.1) is 12.4 Å². The zero-order valence-electron chi connectivity index (χ0n) is 18.7. The summed E-state index contributed by atoms with van der Waals surface area (Å²) in [5.41, 5.74) is 2.45. The second-order valence-electron chi connectivity index (χ2n) is 7.94. The number of ether oxygens (including phenoxy) is 2. The highest BCUT2D eigenvalue weighted by molar-refractivity contribution is 5.85. The van der Waals surface area contributed by atoms with Crippen LogP contribution < -0.4 is 14.4 Å². The molecule has 2 heterocycles. The van der Waals surface area contributed by atoms with Crippen LogP contribution in [-0.2, 0) is 6.54 Å². The number of halogens is 1. The molecule has 4 rings (SSSR count). The average molecular weight is 457 g/mol. The van der Waals surface area contributed by atoms with E-state index in [0.29, 0.717) is 0 Å². The third-order valence-electron chi connectivity index (χ3n) is 5.78. The minimum Gasteiger partial charge on any atom is -0.495 e. The largest absolute Gasteiger partial charge is 0.495 e. The van der Waals surface area contributed by atoms with Crippen molar-refractivity contribution in [2.24, 2.45) is 0 Å². The molecule has 0 spiro atoms. The summed E-state index contributed by atoms with van der Waals surface area (Å²) in [7, 11) is 1.74. The lowest BCUT2D eigenvalue weighted by Crippen LogP contribution is -2.46. The minimum absolute atomic E-state index is 0. The monoisotopic (exact) mass is 456 g/mol. The fraction of sp³-hybridized carbons (Fsp3) is 0.400. The van der Waals surface area contributed by atoms with Crippen molar-refractivity contribution in [3.05, 3.63) is 72.8 Å². The number of hydrogen-bond donors (Lipinski definition) is 0. The molecule has 0 saturated carbocycles. The van der Waals surface area contributed by atoms with Crippen LogP contribution in [0.2, 0.25) is 0 Å². The first-order valence-electron chi connectivity index (χ1n) is 11.1. The molecule has 1 fully saturated rings. The van der Waals surface area contributed by atoms with E-state index in [4.69, 9.17) is 9.47 Å². The maximum absolute atomic E-state index is 5.93. The number of piperazine rings is 1. The van der Waals surface area contributed by atoms with Crippen molar-refractivity contribution in [3.63, 3.8) is 0 Å². The van der Waals surface area contributed by atoms with Crippen molar-refractivity contribution in [1.29, 1.82) is 0 Å². The van der Waals surface area contributed by atoms with Gasteiger partial charge >= 0.3 is 0 Å². The van der Waals surface area contributed by atoms with Gasteiger partial charge in [-0.2, -0.15) is 0 Å². The Morgan fingerprint density at radius 1 is 0.938 bits per heavy atom. The number of methoxy groups -OCH3 is 1. The number of imidazole rings is 1. The van der Waals surface area contributed by atoms with Crippen LogP contribution in [0.15, 0.2) is 67.3 Å². The first kappa shape index (κ1) is 24.0. The molecular formula is C25H33ClN4O2. The van der Waals surface area contributed by atoms with Crippen molar-refractivity contribution >= 4 is 18.1 Å². The van der Waals surface area contributed by atoms with Crippen molar-refractivity contribution in [2.45, 2.75) is 19.4 Å². The molecule has 1 aliphatic rings. The highest BCUT2D eigenvalue weighted by atomic mass is 35.5. The standard InChI is InChI=1S/C25H32N4O2.ClH/c1-30-25-7-3-2-6-24(25)29-17-15-27(16-18-29)13-4-5-19-31-23-10-8-22(9-11-23)20-28-14-12-26-21-28;/h2-3,6-12,14,21H,4-5,13,15-20H2,1H3;1H. The second kappa shape index (κ2) is 12.4. The van der Waals surface area contributed by atoms with Gasteiger partial charge < -0.3 is 18.9 Å². The van der Waals surface area contributed by atoms with Crippen molar-refractivity contribution in [2.75, 3.05) is 51.3 Å². The molecule has 0 unspecified atom stereocenters. The Morgan fingerprint density at radius 2 is 1.72 bits per heavy atom. The number of benzene rings is 2. The lowest BCUT2D eigenvalue weighted by molar-refractivity contribution is 0.238. The van der Waals surface area contributed by atoms with Crippen molar-refractivity contribution < 1.29 is 9.47 Å². The molecule has 6 nitrogen and oxygen atoms in total. The highest BCUT2D eigenvalue weighted by Crippen LogP contribution is 2.28. The summed E-state index contributed by atoms with van der Waals surface area (Å²) in [5.74, 6) is 1.91. The first-order valence-corrected chi connectivity index (χ1v) is 11.1. The molecule has 1 aliphatic heterocycles. The van der Waals surface area contributed by atoms with E-state index in [1.165, 1.54) is 11.3 Å². The molecule has 172 valence electrons. The molecule has 7 heteroatoms. The fourth-order valence-electron chi connectivity index (χ4n) is 4.01. The van der Waals surface area contributed by atoms with Crippen molar-refractivity contribution in [1.82, 2.24) is 14.5 Å². The van der Waals surface area contributed by atoms with Gasteiger partial charge in [0.15, 0.2) is 0 Å². The summed E-state index contributed by atoms with van der Waals surface area (Å²) in [6.07, 6.45) is 7.85. The number of rotatable bonds is 10. The van der Waals surface area contributed by atoms with E-state index >= 15 is 0 Å². The molecule has 0 amide bonds. The van der Waals surface area contributed by atoms with Crippen molar-refractivity contribution in [3.8, 4) is 11.5 Å². The molecule has 0 N–H and O–H groups in total. The van der Waals surface area contributed by atoms with Gasteiger partial charge in [-0.05, 0) is 49.2 Å². The molecule has 2 aromatic carbocycles. The van der Waals surface area contributed by atoms with E-state index in [1.54, 1.807) is 13.3 Å². The van der Waals surface area contributed by atoms with Crippen LogP contribution in [0.3, 0.4) is 0 Å². The zero-order chi connectivity index (χ0) is 21.3. The third kappa shape index (κ3) is 6.65. The molecule has 3 aromatic rings. The maximum Gasteiger partial charge on any atom is 0.142 e. The van der Waals surface area contributed by atoms with Crippen LogP contribution in [0.4, 0.5) is 5.69 Å². The smallest absolute Gasteiger partial charge is 0.142 e. The molecule has 1 saturated heterocycles. The van der Waals surface area contributed by atoms with Crippen LogP contribution in [-0.4, -0.2) is 60.9 Å². The van der Waals surface area contributed by atoms with Crippen LogP contribution in [0.5, 0.6) is 11.5 Å². The van der Waals surface area contributed by atoms with Crippen LogP contribution in [0, 0.1) is 0 Å². The van der Waals surface area contributed by atoms with Crippen LogP contribution >= 0.6 is 12.4 Å². The number of nitrogens with zero attached hydrogens (tertiary/aromatic N) is 4. The summed E-state index contributed by atoms with van der Waals surface area (Å²) < 4.78 is 13.5. The Labute approximate surface area is 197 Å². The Hall–Kier alpha value is -2.70. The van der Waals surface area contributed by atoms with Gasteiger partial charge in [0, 0.05) is 45.1 Å². The maximum atomic E-state index is 5.93. The lowest BCUT2D eigenvalue weighted by Gasteiger charge is -2.36. The average Bonchev–Trinajstić information content (AvgIpc) is 3.33. The molecule has 0 aliphatic carbocycles. The molecule has 1 aromatic heterocycles. The Bertz CT molecular complexity index is 910. The minimum atomic E-state index is 0. The lowest BCUT2D eigenvalue weighted by atomic mass is 10.2. The second-order valence-corrected chi connectivity index (χ2v) is 7.94. The number of aromatic nitrogens is 2. The summed E-state index contributed by atoms with van der Waals surface area (Å²) in [6, 6.07) is 16.7. The normalized spacial score (nSPS) is 14.1. The van der Waals surface area contributed by atoms with Gasteiger partial charge in [-0.3, -0.25) is 4.90 Å². The fourth-order valence-corrected chi connectivity index (χ4v) is 4.01. The van der Waals surface area contributed by atoms with E-state index in [2.05, 4.69) is 55.7 Å². The first-order chi connectivity index (χ1) is 15.3. The Kier molecular flexibility index (Phi) is 9.26. The van der Waals surface area contributed by atoms with Gasteiger partial charge in [0.05, 0.1) is 25.7 Å². The van der Waals surface area contributed by atoms with Gasteiger partial charge in [0.1, 0.15) is 11.5 Å². The molecule has 0 bridgehead atoms. The van der Waals surface area contributed by atoms with E-state index in [1.807, 2.05) is 24.7 Å². The molecule has 32 heavy (non-hydrogen) atoms. The number of unbranched alkanes of at least 4 members (excludes halogenated alkanes) is 1. The summed E-state index contributed by atoms with van der Waals surface area (Å²) in [6.45, 7) is 7.01. The highest BCUT2D eigenvalue weighted by Gasteiger charge is 2.18. The van der Waals surface area contributed by atoms with Crippen LogP contribution in [0.25, 0.3) is 0 Å². The summed E-state index contributed by atoms with van der Waals surface area (Å²) >= 11 is 0. The number of anilines is 1. The molecular weight excluding hydrogens is 424 g/mol. The van der Waals surface area contributed by atoms with Gasteiger partial charge in [0.2, 0.25) is 0 Å². The summed E-state index contributed by atoms with van der Waals surface area (Å²) in [4.78, 5) is 9.06. The SMILES string of the molecule is COc1ccccc1N1CCN(CCCCOc2ccc(Cn3ccnc3)cc2)CC1.Cl. The van der Waals surface area contributed by atoms with Gasteiger partial charge in [-0.25, -0.2) is 4.98 Å². The summed E-state index contributed by atoms with van der Waals surface area (Å²) in [5, 5.41) is 0.